The van der Waals surface area contributed by atoms with E-state index in [2.05, 4.69) is 29.7 Å². The number of halogens is 1. The van der Waals surface area contributed by atoms with Gasteiger partial charge in [-0.2, -0.15) is 0 Å². The molecule has 1 unspecified atom stereocenters. The van der Waals surface area contributed by atoms with Crippen LogP contribution in [0.1, 0.15) is 23.1 Å². The Kier molecular flexibility index (Phi) is 7.38. The summed E-state index contributed by atoms with van der Waals surface area (Å²) in [4.78, 5) is 14.3. The minimum Gasteiger partial charge on any atom is -0.378 e. The number of aryl methyl sites for hydroxylation is 1. The monoisotopic (exact) mass is 304 g/mol. The van der Waals surface area contributed by atoms with Gasteiger partial charge in [-0.05, 0) is 18.6 Å². The molecule has 2 heterocycles. The predicted molar refractivity (Wildman–Crippen MR) is 80.0 cm³/mol. The van der Waals surface area contributed by atoms with Crippen LogP contribution in [0.2, 0.25) is 0 Å². The van der Waals surface area contributed by atoms with Crippen molar-refractivity contribution < 1.29 is 9.53 Å². The predicted octanol–water partition coefficient (Wildman–Crippen LogP) is 1.73. The number of carbonyl (C=O) groups excluding carboxylic acids is 1. The molecule has 2 rings (SSSR count). The summed E-state index contributed by atoms with van der Waals surface area (Å²) < 4.78 is 5.32. The van der Waals surface area contributed by atoms with Crippen molar-refractivity contribution in [2.45, 2.75) is 32.4 Å². The minimum atomic E-state index is 0. The highest BCUT2D eigenvalue weighted by Crippen LogP contribution is 2.16. The normalized spacial score (nSPS) is 18.7. The Morgan fingerprint density at radius 1 is 1.53 bits per heavy atom. The van der Waals surface area contributed by atoms with Gasteiger partial charge in [0.25, 0.3) is 0 Å². The van der Waals surface area contributed by atoms with Crippen molar-refractivity contribution in [1.29, 1.82) is 0 Å². The number of ether oxygens (including phenoxy) is 1. The van der Waals surface area contributed by atoms with E-state index in [1.807, 2.05) is 0 Å². The summed E-state index contributed by atoms with van der Waals surface area (Å²) in [7, 11) is 0. The van der Waals surface area contributed by atoms with Crippen LogP contribution >= 0.6 is 23.7 Å². The van der Waals surface area contributed by atoms with Crippen molar-refractivity contribution in [3.8, 4) is 0 Å². The number of carbonyl (C=O) groups is 1. The van der Waals surface area contributed by atoms with Crippen LogP contribution in [0, 0.1) is 0 Å². The lowest BCUT2D eigenvalue weighted by atomic mass is 10.2. The van der Waals surface area contributed by atoms with Gasteiger partial charge in [-0.1, -0.05) is 6.92 Å². The van der Waals surface area contributed by atoms with Crippen LogP contribution in [0.3, 0.4) is 0 Å². The standard InChI is InChI=1S/C13H20N2O2S.ClH/c1-2-11-3-4-12(18-11)8-15-13(16)7-10-9-17-6-5-14-10;/h3-4,10,14H,2,5-9H2,1H3,(H,15,16);1H. The number of nitrogens with one attached hydrogen (secondary N) is 2. The second-order valence-corrected chi connectivity index (χ2v) is 5.68. The maximum atomic E-state index is 11.8. The van der Waals surface area contributed by atoms with Crippen LogP contribution in [0.25, 0.3) is 0 Å². The molecule has 2 N–H and O–H groups in total. The summed E-state index contributed by atoms with van der Waals surface area (Å²) in [6.45, 7) is 4.99. The van der Waals surface area contributed by atoms with Gasteiger partial charge in [-0.3, -0.25) is 4.79 Å². The first-order chi connectivity index (χ1) is 8.78. The summed E-state index contributed by atoms with van der Waals surface area (Å²) in [5.74, 6) is 0.0875. The van der Waals surface area contributed by atoms with Gasteiger partial charge in [0.05, 0.1) is 19.8 Å². The molecule has 0 spiro atoms. The highest BCUT2D eigenvalue weighted by molar-refractivity contribution is 7.11. The van der Waals surface area contributed by atoms with Gasteiger partial charge in [0.2, 0.25) is 5.91 Å². The zero-order chi connectivity index (χ0) is 12.8. The average molecular weight is 305 g/mol. The van der Waals surface area contributed by atoms with E-state index in [-0.39, 0.29) is 24.4 Å². The summed E-state index contributed by atoms with van der Waals surface area (Å²) in [6, 6.07) is 4.38. The SMILES string of the molecule is CCc1ccc(CNC(=O)CC2COCCN2)s1.Cl. The summed E-state index contributed by atoms with van der Waals surface area (Å²) >= 11 is 1.77. The van der Waals surface area contributed by atoms with Gasteiger partial charge in [0.15, 0.2) is 0 Å². The maximum Gasteiger partial charge on any atom is 0.221 e. The second-order valence-electron chi connectivity index (χ2n) is 4.43. The number of hydrogen-bond acceptors (Lipinski definition) is 4. The van der Waals surface area contributed by atoms with E-state index in [1.165, 1.54) is 9.75 Å². The molecule has 108 valence electrons. The average Bonchev–Trinajstić information content (AvgIpc) is 2.85. The third-order valence-electron chi connectivity index (χ3n) is 2.96. The van der Waals surface area contributed by atoms with Crippen molar-refractivity contribution in [3.05, 3.63) is 21.9 Å². The molecule has 1 fully saturated rings. The molecular formula is C13H21ClN2O2S. The zero-order valence-electron chi connectivity index (χ0n) is 11.1. The first kappa shape index (κ1) is 16.4. The molecule has 1 amide bonds. The Balaban J connectivity index is 0.00000180. The third-order valence-corrected chi connectivity index (χ3v) is 4.19. The topological polar surface area (TPSA) is 50.4 Å². The molecule has 1 aromatic rings. The molecule has 4 nitrogen and oxygen atoms in total. The molecule has 19 heavy (non-hydrogen) atoms. The van der Waals surface area contributed by atoms with Crippen LogP contribution < -0.4 is 10.6 Å². The summed E-state index contributed by atoms with van der Waals surface area (Å²) in [5.41, 5.74) is 0. The van der Waals surface area contributed by atoms with E-state index < -0.39 is 0 Å². The van der Waals surface area contributed by atoms with Crippen molar-refractivity contribution in [3.63, 3.8) is 0 Å². The van der Waals surface area contributed by atoms with Crippen LogP contribution in [0.5, 0.6) is 0 Å². The second kappa shape index (κ2) is 8.53. The van der Waals surface area contributed by atoms with Gasteiger partial charge in [-0.15, -0.1) is 23.7 Å². The fraction of sp³-hybridized carbons (Fsp3) is 0.615. The van der Waals surface area contributed by atoms with Crippen LogP contribution in [-0.2, 0) is 22.5 Å². The molecule has 1 aromatic heterocycles. The lowest BCUT2D eigenvalue weighted by Crippen LogP contribution is -2.44. The highest BCUT2D eigenvalue weighted by atomic mass is 35.5. The smallest absolute Gasteiger partial charge is 0.221 e. The molecular weight excluding hydrogens is 284 g/mol. The van der Waals surface area contributed by atoms with E-state index in [0.29, 0.717) is 19.6 Å². The molecule has 6 heteroatoms. The van der Waals surface area contributed by atoms with Crippen molar-refractivity contribution in [2.24, 2.45) is 0 Å². The van der Waals surface area contributed by atoms with Gasteiger partial charge >= 0.3 is 0 Å². The lowest BCUT2D eigenvalue weighted by Gasteiger charge is -2.23. The van der Waals surface area contributed by atoms with Gasteiger partial charge in [0.1, 0.15) is 0 Å². The number of thiophene rings is 1. The quantitative estimate of drug-likeness (QED) is 0.871. The number of hydrogen-bond donors (Lipinski definition) is 2. The minimum absolute atomic E-state index is 0. The first-order valence-electron chi connectivity index (χ1n) is 6.43. The van der Waals surface area contributed by atoms with E-state index >= 15 is 0 Å². The Bertz CT molecular complexity index is 392. The molecule has 0 aromatic carbocycles. The third kappa shape index (κ3) is 5.48. The molecule has 1 aliphatic heterocycles. The Labute approximate surface area is 124 Å². The van der Waals surface area contributed by atoms with E-state index in [0.717, 1.165) is 19.6 Å². The van der Waals surface area contributed by atoms with Crippen molar-refractivity contribution in [1.82, 2.24) is 10.6 Å². The molecule has 1 aliphatic rings. The van der Waals surface area contributed by atoms with Gasteiger partial charge in [0, 0.05) is 28.8 Å². The summed E-state index contributed by atoms with van der Waals surface area (Å²) in [6.07, 6.45) is 1.55. The lowest BCUT2D eigenvalue weighted by molar-refractivity contribution is -0.122. The fourth-order valence-electron chi connectivity index (χ4n) is 1.94. The van der Waals surface area contributed by atoms with E-state index in [4.69, 9.17) is 4.74 Å². The molecule has 1 saturated heterocycles. The van der Waals surface area contributed by atoms with Crippen molar-refractivity contribution >= 4 is 29.7 Å². The van der Waals surface area contributed by atoms with Crippen LogP contribution in [0.4, 0.5) is 0 Å². The van der Waals surface area contributed by atoms with Crippen LogP contribution in [-0.4, -0.2) is 31.7 Å². The van der Waals surface area contributed by atoms with Gasteiger partial charge in [-0.25, -0.2) is 0 Å². The number of morpholine rings is 1. The number of rotatable bonds is 5. The zero-order valence-corrected chi connectivity index (χ0v) is 12.7. The molecule has 0 radical (unpaired) electrons. The number of amides is 1. The van der Waals surface area contributed by atoms with Crippen LogP contribution in [0.15, 0.2) is 12.1 Å². The molecule has 0 aliphatic carbocycles. The van der Waals surface area contributed by atoms with E-state index in [1.54, 1.807) is 11.3 Å². The molecule has 0 saturated carbocycles. The molecule has 0 bridgehead atoms. The molecule has 1 atom stereocenters. The highest BCUT2D eigenvalue weighted by Gasteiger charge is 2.16. The van der Waals surface area contributed by atoms with Gasteiger partial charge < -0.3 is 15.4 Å². The fourth-order valence-corrected chi connectivity index (χ4v) is 2.84. The largest absolute Gasteiger partial charge is 0.378 e. The van der Waals surface area contributed by atoms with Crippen molar-refractivity contribution in [2.75, 3.05) is 19.8 Å². The Morgan fingerprint density at radius 2 is 2.32 bits per heavy atom. The maximum absolute atomic E-state index is 11.8. The Morgan fingerprint density at radius 3 is 2.95 bits per heavy atom. The Hall–Kier alpha value is -0.620. The first-order valence-corrected chi connectivity index (χ1v) is 7.25. The summed E-state index contributed by atoms with van der Waals surface area (Å²) in [5, 5.41) is 6.24. The van der Waals surface area contributed by atoms with E-state index in [9.17, 15) is 4.79 Å².